The van der Waals surface area contributed by atoms with Crippen molar-refractivity contribution in [2.24, 2.45) is 0 Å². The maximum atomic E-state index is 12.0. The topological polar surface area (TPSA) is 42.0 Å². The van der Waals surface area contributed by atoms with Gasteiger partial charge in [-0.25, -0.2) is 0 Å². The minimum Gasteiger partial charge on any atom is -0.497 e. The summed E-state index contributed by atoms with van der Waals surface area (Å²) in [6.07, 6.45) is -0.359. The van der Waals surface area contributed by atoms with Crippen molar-refractivity contribution in [1.82, 2.24) is 4.90 Å². The Labute approximate surface area is 120 Å². The van der Waals surface area contributed by atoms with Gasteiger partial charge in [0.1, 0.15) is 11.9 Å². The fraction of sp³-hybridized carbons (Fsp3) is 0.533. The molecule has 5 heteroatoms. The Balaban J connectivity index is 1.92. The molecule has 1 aliphatic heterocycles. The number of hydrogen-bond acceptors (Lipinski definition) is 4. The van der Waals surface area contributed by atoms with Crippen molar-refractivity contribution >= 4 is 11.6 Å². The van der Waals surface area contributed by atoms with Gasteiger partial charge in [-0.05, 0) is 31.2 Å². The lowest BCUT2D eigenvalue weighted by molar-refractivity contribution is -0.141. The third-order valence-electron chi connectivity index (χ3n) is 3.73. The zero-order valence-corrected chi connectivity index (χ0v) is 12.3. The van der Waals surface area contributed by atoms with Gasteiger partial charge in [0.2, 0.25) is 0 Å². The van der Waals surface area contributed by atoms with E-state index >= 15 is 0 Å². The van der Waals surface area contributed by atoms with E-state index in [4.69, 9.17) is 9.47 Å². The average molecular weight is 278 g/mol. The number of hydrogen-bond donors (Lipinski definition) is 0. The van der Waals surface area contributed by atoms with Crippen molar-refractivity contribution < 1.29 is 14.3 Å². The van der Waals surface area contributed by atoms with Gasteiger partial charge < -0.3 is 19.3 Å². The number of rotatable bonds is 4. The highest BCUT2D eigenvalue weighted by molar-refractivity contribution is 5.80. The predicted molar refractivity (Wildman–Crippen MR) is 78.3 cm³/mol. The summed E-state index contributed by atoms with van der Waals surface area (Å²) in [7, 11) is 3.23. The van der Waals surface area contributed by atoms with Crippen molar-refractivity contribution in [2.45, 2.75) is 13.0 Å². The molecule has 0 radical (unpaired) electrons. The van der Waals surface area contributed by atoms with Crippen LogP contribution in [0.3, 0.4) is 0 Å². The van der Waals surface area contributed by atoms with Crippen molar-refractivity contribution in [1.29, 1.82) is 0 Å². The fourth-order valence-electron chi connectivity index (χ4n) is 2.34. The SMILES string of the molecule is COc1ccc(N2CCN(C(=O)C(C)OC)CC2)cc1. The van der Waals surface area contributed by atoms with Crippen LogP contribution in [-0.2, 0) is 9.53 Å². The third kappa shape index (κ3) is 3.22. The molecular weight excluding hydrogens is 256 g/mol. The Morgan fingerprint density at radius 2 is 1.70 bits per heavy atom. The summed E-state index contributed by atoms with van der Waals surface area (Å²) in [5.74, 6) is 0.929. The molecular formula is C15H22N2O3. The Kier molecular flexibility index (Phi) is 4.84. The lowest BCUT2D eigenvalue weighted by Crippen LogP contribution is -2.51. The summed E-state index contributed by atoms with van der Waals surface area (Å²) in [5, 5.41) is 0. The molecule has 1 amide bonds. The van der Waals surface area contributed by atoms with Gasteiger partial charge in [0.25, 0.3) is 5.91 Å². The second-order valence-corrected chi connectivity index (χ2v) is 4.89. The molecule has 1 fully saturated rings. The van der Waals surface area contributed by atoms with Crippen LogP contribution in [-0.4, -0.2) is 57.3 Å². The van der Waals surface area contributed by atoms with Gasteiger partial charge in [-0.1, -0.05) is 0 Å². The van der Waals surface area contributed by atoms with Crippen LogP contribution < -0.4 is 9.64 Å². The molecule has 0 N–H and O–H groups in total. The van der Waals surface area contributed by atoms with Gasteiger partial charge in [-0.3, -0.25) is 4.79 Å². The minimum atomic E-state index is -0.359. The summed E-state index contributed by atoms with van der Waals surface area (Å²) in [6.45, 7) is 4.94. The van der Waals surface area contributed by atoms with E-state index in [2.05, 4.69) is 4.90 Å². The Morgan fingerprint density at radius 3 is 2.20 bits per heavy atom. The Morgan fingerprint density at radius 1 is 1.10 bits per heavy atom. The van der Waals surface area contributed by atoms with Gasteiger partial charge in [0, 0.05) is 39.0 Å². The first-order valence-corrected chi connectivity index (χ1v) is 6.86. The summed E-state index contributed by atoms with van der Waals surface area (Å²) >= 11 is 0. The molecule has 2 rings (SSSR count). The molecule has 1 aliphatic rings. The summed E-state index contributed by atoms with van der Waals surface area (Å²) < 4.78 is 10.2. The standard InChI is InChI=1S/C15H22N2O3/c1-12(19-2)15(18)17-10-8-16(9-11-17)13-4-6-14(20-3)7-5-13/h4-7,12H,8-11H2,1-3H3. The molecule has 20 heavy (non-hydrogen) atoms. The van der Waals surface area contributed by atoms with E-state index in [9.17, 15) is 4.79 Å². The largest absolute Gasteiger partial charge is 0.497 e. The lowest BCUT2D eigenvalue weighted by Gasteiger charge is -2.37. The summed E-state index contributed by atoms with van der Waals surface area (Å²) in [5.41, 5.74) is 1.16. The first-order valence-electron chi connectivity index (χ1n) is 6.86. The lowest BCUT2D eigenvalue weighted by atomic mass is 10.2. The van der Waals surface area contributed by atoms with Gasteiger partial charge in [-0.15, -0.1) is 0 Å². The number of benzene rings is 1. The van der Waals surface area contributed by atoms with Gasteiger partial charge in [-0.2, -0.15) is 0 Å². The van der Waals surface area contributed by atoms with Crippen LogP contribution >= 0.6 is 0 Å². The van der Waals surface area contributed by atoms with Crippen LogP contribution in [0, 0.1) is 0 Å². The molecule has 0 spiro atoms. The van der Waals surface area contributed by atoms with Crippen LogP contribution in [0.2, 0.25) is 0 Å². The van der Waals surface area contributed by atoms with Crippen LogP contribution in [0.1, 0.15) is 6.92 Å². The van der Waals surface area contributed by atoms with E-state index < -0.39 is 0 Å². The molecule has 1 aromatic rings. The average Bonchev–Trinajstić information content (AvgIpc) is 2.53. The molecule has 1 atom stereocenters. The molecule has 0 aliphatic carbocycles. The van der Waals surface area contributed by atoms with E-state index in [1.807, 2.05) is 29.2 Å². The number of carbonyl (C=O) groups is 1. The second-order valence-electron chi connectivity index (χ2n) is 4.89. The van der Waals surface area contributed by atoms with Gasteiger partial charge in [0.15, 0.2) is 0 Å². The second kappa shape index (κ2) is 6.61. The van der Waals surface area contributed by atoms with Crippen LogP contribution in [0.25, 0.3) is 0 Å². The zero-order valence-electron chi connectivity index (χ0n) is 12.3. The third-order valence-corrected chi connectivity index (χ3v) is 3.73. The van der Waals surface area contributed by atoms with E-state index in [0.29, 0.717) is 0 Å². The molecule has 110 valence electrons. The molecule has 0 aromatic heterocycles. The van der Waals surface area contributed by atoms with E-state index in [1.54, 1.807) is 21.1 Å². The molecule has 0 bridgehead atoms. The maximum Gasteiger partial charge on any atom is 0.251 e. The first kappa shape index (κ1) is 14.7. The number of anilines is 1. The Hall–Kier alpha value is -1.75. The molecule has 1 heterocycles. The van der Waals surface area contributed by atoms with Crippen LogP contribution in [0.5, 0.6) is 5.75 Å². The molecule has 1 aromatic carbocycles. The fourth-order valence-corrected chi connectivity index (χ4v) is 2.34. The summed E-state index contributed by atoms with van der Waals surface area (Å²) in [4.78, 5) is 16.2. The predicted octanol–water partition coefficient (Wildman–Crippen LogP) is 1.38. The summed E-state index contributed by atoms with van der Waals surface area (Å²) in [6, 6.07) is 8.02. The van der Waals surface area contributed by atoms with Gasteiger partial charge in [0.05, 0.1) is 7.11 Å². The molecule has 0 saturated carbocycles. The van der Waals surface area contributed by atoms with Crippen molar-refractivity contribution in [3.05, 3.63) is 24.3 Å². The maximum absolute atomic E-state index is 12.0. The molecule has 1 saturated heterocycles. The van der Waals surface area contributed by atoms with Crippen LogP contribution in [0.4, 0.5) is 5.69 Å². The highest BCUT2D eigenvalue weighted by Crippen LogP contribution is 2.20. The monoisotopic (exact) mass is 278 g/mol. The highest BCUT2D eigenvalue weighted by atomic mass is 16.5. The van der Waals surface area contributed by atoms with Gasteiger partial charge >= 0.3 is 0 Å². The minimum absolute atomic E-state index is 0.0712. The molecule has 1 unspecified atom stereocenters. The molecule has 5 nitrogen and oxygen atoms in total. The quantitative estimate of drug-likeness (QED) is 0.834. The van der Waals surface area contributed by atoms with E-state index in [0.717, 1.165) is 37.6 Å². The first-order chi connectivity index (χ1) is 9.65. The number of carbonyl (C=O) groups excluding carboxylic acids is 1. The number of nitrogens with zero attached hydrogens (tertiary/aromatic N) is 2. The van der Waals surface area contributed by atoms with E-state index in [-0.39, 0.29) is 12.0 Å². The number of piperazine rings is 1. The van der Waals surface area contributed by atoms with E-state index in [1.165, 1.54) is 0 Å². The van der Waals surface area contributed by atoms with Crippen molar-refractivity contribution in [3.8, 4) is 5.75 Å². The van der Waals surface area contributed by atoms with Crippen LogP contribution in [0.15, 0.2) is 24.3 Å². The zero-order chi connectivity index (χ0) is 14.5. The number of amides is 1. The highest BCUT2D eigenvalue weighted by Gasteiger charge is 2.24. The normalized spacial score (nSPS) is 16.9. The van der Waals surface area contributed by atoms with Crippen molar-refractivity contribution in [3.63, 3.8) is 0 Å². The number of methoxy groups -OCH3 is 2. The van der Waals surface area contributed by atoms with Crippen molar-refractivity contribution in [2.75, 3.05) is 45.3 Å². The Bertz CT molecular complexity index is 439. The number of ether oxygens (including phenoxy) is 2. The smallest absolute Gasteiger partial charge is 0.251 e.